The quantitative estimate of drug-likeness (QED) is 0.0196. The maximum atomic E-state index is 12.7. The van der Waals surface area contributed by atoms with Gasteiger partial charge >= 0.3 is 11.9 Å². The van der Waals surface area contributed by atoms with Crippen LogP contribution in [-0.4, -0.2) is 70.0 Å². The van der Waals surface area contributed by atoms with Crippen molar-refractivity contribution in [3.63, 3.8) is 0 Å². The molecular formula is C48H94NO8P. The molecule has 10 heteroatoms. The minimum Gasteiger partial charge on any atom is -0.756 e. The van der Waals surface area contributed by atoms with Gasteiger partial charge in [0.1, 0.15) is 19.8 Å². The lowest BCUT2D eigenvalue weighted by Gasteiger charge is -2.28. The fourth-order valence-electron chi connectivity index (χ4n) is 6.95. The Morgan fingerprint density at radius 3 is 1.33 bits per heavy atom. The Hall–Kier alpha value is -1.25. The molecule has 0 bridgehead atoms. The summed E-state index contributed by atoms with van der Waals surface area (Å²) in [4.78, 5) is 37.5. The van der Waals surface area contributed by atoms with Gasteiger partial charge in [0, 0.05) is 12.8 Å². The van der Waals surface area contributed by atoms with Gasteiger partial charge in [0.05, 0.1) is 27.7 Å². The van der Waals surface area contributed by atoms with Crippen molar-refractivity contribution in [2.75, 3.05) is 47.5 Å². The standard InChI is InChI=1S/C48H94NO8P/c1-6-8-10-12-14-16-18-19-20-21-22-23-24-25-26-27-28-29-31-33-35-37-39-41-48(51)57-46(45-56-58(52,53)55-43-42-49(3,4)5)44-54-47(50)40-38-36-34-32-30-17-15-13-11-9-7-2/h33,35,46H,6-32,34,36-45H2,1-5H3/b35-33+/t46-/m1/s1. The molecule has 0 aromatic rings. The van der Waals surface area contributed by atoms with Crippen molar-refractivity contribution in [2.45, 2.75) is 238 Å². The van der Waals surface area contributed by atoms with Crippen molar-refractivity contribution in [3.8, 4) is 0 Å². The van der Waals surface area contributed by atoms with Gasteiger partial charge in [0.2, 0.25) is 0 Å². The summed E-state index contributed by atoms with van der Waals surface area (Å²) >= 11 is 0. The summed E-state index contributed by atoms with van der Waals surface area (Å²) in [5.41, 5.74) is 0. The lowest BCUT2D eigenvalue weighted by atomic mass is 10.0. The lowest BCUT2D eigenvalue weighted by molar-refractivity contribution is -0.870. The van der Waals surface area contributed by atoms with Crippen molar-refractivity contribution in [1.82, 2.24) is 0 Å². The van der Waals surface area contributed by atoms with Crippen LogP contribution in [0, 0.1) is 0 Å². The maximum absolute atomic E-state index is 12.7. The summed E-state index contributed by atoms with van der Waals surface area (Å²) < 4.78 is 33.9. The molecule has 0 aromatic carbocycles. The van der Waals surface area contributed by atoms with Crippen LogP contribution in [0.15, 0.2) is 12.2 Å². The highest BCUT2D eigenvalue weighted by Gasteiger charge is 2.21. The van der Waals surface area contributed by atoms with Crippen LogP contribution in [0.25, 0.3) is 0 Å². The fourth-order valence-corrected chi connectivity index (χ4v) is 7.68. The first-order valence-electron chi connectivity index (χ1n) is 24.4. The Morgan fingerprint density at radius 2 is 0.897 bits per heavy atom. The molecule has 1 unspecified atom stereocenters. The van der Waals surface area contributed by atoms with Gasteiger partial charge in [-0.25, -0.2) is 0 Å². The van der Waals surface area contributed by atoms with E-state index in [-0.39, 0.29) is 32.0 Å². The van der Waals surface area contributed by atoms with Crippen LogP contribution in [-0.2, 0) is 32.7 Å². The molecule has 0 aliphatic rings. The molecule has 0 spiro atoms. The van der Waals surface area contributed by atoms with E-state index in [0.717, 1.165) is 32.1 Å². The molecule has 0 saturated carbocycles. The number of rotatable bonds is 45. The molecular weight excluding hydrogens is 750 g/mol. The fraction of sp³-hybridized carbons (Fsp3) is 0.917. The zero-order valence-corrected chi connectivity index (χ0v) is 39.7. The third-order valence-corrected chi connectivity index (χ3v) is 11.7. The topological polar surface area (TPSA) is 111 Å². The van der Waals surface area contributed by atoms with Crippen molar-refractivity contribution >= 4 is 19.8 Å². The van der Waals surface area contributed by atoms with E-state index in [9.17, 15) is 19.0 Å². The summed E-state index contributed by atoms with van der Waals surface area (Å²) in [7, 11) is 1.16. The molecule has 0 heterocycles. The Kier molecular flexibility index (Phi) is 40.2. The van der Waals surface area contributed by atoms with E-state index in [4.69, 9.17) is 18.5 Å². The number of ether oxygens (including phenoxy) is 2. The summed E-state index contributed by atoms with van der Waals surface area (Å²) in [6.45, 7) is 4.22. The third-order valence-electron chi connectivity index (χ3n) is 10.8. The number of phosphoric acid groups is 1. The SMILES string of the molecule is CCCCCCCCCCCCCCCCCCCC/C=C/CCCC(=O)O[C@H](COC(=O)CCCCCCCCCCCCC)COP(=O)([O-])OCC[N+](C)(C)C. The van der Waals surface area contributed by atoms with Crippen molar-refractivity contribution < 1.29 is 42.1 Å². The molecule has 344 valence electrons. The lowest BCUT2D eigenvalue weighted by Crippen LogP contribution is -2.37. The van der Waals surface area contributed by atoms with Gasteiger partial charge in [-0.2, -0.15) is 0 Å². The van der Waals surface area contributed by atoms with Crippen LogP contribution in [0.2, 0.25) is 0 Å². The van der Waals surface area contributed by atoms with Crippen molar-refractivity contribution in [3.05, 3.63) is 12.2 Å². The molecule has 0 saturated heterocycles. The van der Waals surface area contributed by atoms with Gasteiger partial charge in [0.25, 0.3) is 7.82 Å². The van der Waals surface area contributed by atoms with Gasteiger partial charge in [-0.1, -0.05) is 199 Å². The number of hydrogen-bond acceptors (Lipinski definition) is 8. The minimum absolute atomic E-state index is 0.0320. The first-order chi connectivity index (χ1) is 28.0. The van der Waals surface area contributed by atoms with Gasteiger partial charge in [-0.3, -0.25) is 14.2 Å². The van der Waals surface area contributed by atoms with E-state index < -0.39 is 26.5 Å². The summed E-state index contributed by atoms with van der Waals surface area (Å²) in [6, 6.07) is 0. The maximum Gasteiger partial charge on any atom is 0.306 e. The van der Waals surface area contributed by atoms with E-state index in [0.29, 0.717) is 17.4 Å². The normalized spacial score (nSPS) is 13.6. The number of unbranched alkanes of at least 4 members (excludes halogenated alkanes) is 29. The molecule has 0 fully saturated rings. The number of hydrogen-bond donors (Lipinski definition) is 0. The van der Waals surface area contributed by atoms with Gasteiger partial charge in [-0.05, 0) is 32.1 Å². The Morgan fingerprint density at radius 1 is 0.517 bits per heavy atom. The average Bonchev–Trinajstić information content (AvgIpc) is 3.17. The number of carbonyl (C=O) groups is 2. The number of phosphoric ester groups is 1. The number of allylic oxidation sites excluding steroid dienone is 2. The minimum atomic E-state index is -4.63. The number of likely N-dealkylation sites (N-methyl/N-ethyl adjacent to an activating group) is 1. The van der Waals surface area contributed by atoms with E-state index in [1.54, 1.807) is 0 Å². The zero-order valence-electron chi connectivity index (χ0n) is 38.8. The van der Waals surface area contributed by atoms with E-state index in [1.165, 1.54) is 167 Å². The molecule has 0 aliphatic heterocycles. The molecule has 0 rings (SSSR count). The van der Waals surface area contributed by atoms with Gasteiger partial charge in [0.15, 0.2) is 6.10 Å². The monoisotopic (exact) mass is 844 g/mol. The predicted molar refractivity (Wildman–Crippen MR) is 241 cm³/mol. The summed E-state index contributed by atoms with van der Waals surface area (Å²) in [6.07, 6.45) is 44.0. The number of nitrogens with zero attached hydrogens (tertiary/aromatic N) is 1. The van der Waals surface area contributed by atoms with Gasteiger partial charge in [-0.15, -0.1) is 0 Å². The molecule has 58 heavy (non-hydrogen) atoms. The Bertz CT molecular complexity index is 1000. The molecule has 2 atom stereocenters. The van der Waals surface area contributed by atoms with E-state index in [2.05, 4.69) is 26.0 Å². The number of carbonyl (C=O) groups excluding carboxylic acids is 2. The van der Waals surface area contributed by atoms with E-state index in [1.807, 2.05) is 21.1 Å². The van der Waals surface area contributed by atoms with Crippen LogP contribution >= 0.6 is 7.82 Å². The smallest absolute Gasteiger partial charge is 0.306 e. The largest absolute Gasteiger partial charge is 0.756 e. The predicted octanol–water partition coefficient (Wildman–Crippen LogP) is 13.5. The summed E-state index contributed by atoms with van der Waals surface area (Å²) in [5, 5.41) is 0. The van der Waals surface area contributed by atoms with Crippen LogP contribution in [0.3, 0.4) is 0 Å². The van der Waals surface area contributed by atoms with Gasteiger partial charge < -0.3 is 27.9 Å². The molecule has 0 aromatic heterocycles. The molecule has 9 nitrogen and oxygen atoms in total. The highest BCUT2D eigenvalue weighted by atomic mass is 31.2. The molecule has 0 radical (unpaired) electrons. The van der Waals surface area contributed by atoms with Crippen LogP contribution in [0.1, 0.15) is 232 Å². The second-order valence-electron chi connectivity index (χ2n) is 17.8. The number of quaternary nitrogens is 1. The second-order valence-corrected chi connectivity index (χ2v) is 19.2. The first-order valence-corrected chi connectivity index (χ1v) is 25.9. The van der Waals surface area contributed by atoms with Crippen LogP contribution in [0.5, 0.6) is 0 Å². The summed E-state index contributed by atoms with van der Waals surface area (Å²) in [5.74, 6) is -0.861. The van der Waals surface area contributed by atoms with Crippen molar-refractivity contribution in [2.24, 2.45) is 0 Å². The van der Waals surface area contributed by atoms with Crippen LogP contribution in [0.4, 0.5) is 0 Å². The van der Waals surface area contributed by atoms with Crippen LogP contribution < -0.4 is 4.89 Å². The van der Waals surface area contributed by atoms with Crippen molar-refractivity contribution in [1.29, 1.82) is 0 Å². The molecule has 0 aliphatic carbocycles. The molecule has 0 amide bonds. The Labute approximate surface area is 358 Å². The molecule has 0 N–H and O–H groups in total. The zero-order chi connectivity index (χ0) is 42.8. The third kappa shape index (κ3) is 44.3. The average molecular weight is 844 g/mol. The van der Waals surface area contributed by atoms with E-state index >= 15 is 0 Å². The highest BCUT2D eigenvalue weighted by Crippen LogP contribution is 2.38. The number of esters is 2. The second kappa shape index (κ2) is 41.1. The highest BCUT2D eigenvalue weighted by molar-refractivity contribution is 7.45. The Balaban J connectivity index is 4.21. The first kappa shape index (κ1) is 56.8.